The normalized spacial score (nSPS) is 19.7. The van der Waals surface area contributed by atoms with Crippen molar-refractivity contribution in [2.75, 3.05) is 32.1 Å². The lowest BCUT2D eigenvalue weighted by Gasteiger charge is -2.36. The van der Waals surface area contributed by atoms with Crippen molar-refractivity contribution in [3.05, 3.63) is 59.4 Å². The zero-order valence-corrected chi connectivity index (χ0v) is 18.6. The fourth-order valence-electron chi connectivity index (χ4n) is 3.85. The Morgan fingerprint density at radius 3 is 2.50 bits per heavy atom. The van der Waals surface area contributed by atoms with Crippen LogP contribution in [0.25, 0.3) is 0 Å². The van der Waals surface area contributed by atoms with Crippen LogP contribution in [0.3, 0.4) is 0 Å². The topological polar surface area (TPSA) is 75.7 Å². The van der Waals surface area contributed by atoms with Gasteiger partial charge in [-0.3, -0.25) is 4.79 Å². The van der Waals surface area contributed by atoms with Crippen molar-refractivity contribution in [1.82, 2.24) is 4.31 Å². The van der Waals surface area contributed by atoms with Crippen LogP contribution in [-0.2, 0) is 14.8 Å². The Bertz CT molecular complexity index is 1070. The molecule has 1 aliphatic heterocycles. The SMILES string of the molecule is COCCC1CCN(S(=O)(=O)c2cccc(C(=O)Nc3cc(F)c(F)c(F)c3)c2)CC1C. The zero-order chi connectivity index (χ0) is 23.5. The Labute approximate surface area is 185 Å². The molecule has 0 radical (unpaired) electrons. The number of halogens is 3. The number of carbonyl (C=O) groups excluding carboxylic acids is 1. The lowest BCUT2D eigenvalue weighted by atomic mass is 9.86. The Hall–Kier alpha value is -2.43. The van der Waals surface area contributed by atoms with Gasteiger partial charge in [0.25, 0.3) is 5.91 Å². The molecule has 10 heteroatoms. The third-order valence-electron chi connectivity index (χ3n) is 5.71. The maximum atomic E-state index is 13.4. The molecular formula is C22H25F3N2O4S. The second-order valence-electron chi connectivity index (χ2n) is 7.91. The number of ether oxygens (including phenoxy) is 1. The van der Waals surface area contributed by atoms with E-state index in [0.29, 0.717) is 44.2 Å². The smallest absolute Gasteiger partial charge is 0.255 e. The maximum absolute atomic E-state index is 13.4. The number of rotatable bonds is 7. The Balaban J connectivity index is 1.75. The summed E-state index contributed by atoms with van der Waals surface area (Å²) in [6.45, 7) is 3.36. The number of carbonyl (C=O) groups is 1. The molecule has 6 nitrogen and oxygen atoms in total. The average Bonchev–Trinajstić information content (AvgIpc) is 2.76. The van der Waals surface area contributed by atoms with Gasteiger partial charge in [-0.05, 0) is 42.9 Å². The monoisotopic (exact) mass is 470 g/mol. The van der Waals surface area contributed by atoms with Gasteiger partial charge >= 0.3 is 0 Å². The molecule has 2 unspecified atom stereocenters. The summed E-state index contributed by atoms with van der Waals surface area (Å²) < 4.78 is 72.7. The summed E-state index contributed by atoms with van der Waals surface area (Å²) in [5.74, 6) is -4.78. The van der Waals surface area contributed by atoms with E-state index in [1.807, 2.05) is 6.92 Å². The van der Waals surface area contributed by atoms with Crippen molar-refractivity contribution in [3.63, 3.8) is 0 Å². The van der Waals surface area contributed by atoms with E-state index in [-0.39, 0.29) is 22.1 Å². The van der Waals surface area contributed by atoms with Gasteiger partial charge in [0.2, 0.25) is 10.0 Å². The molecule has 3 rings (SSSR count). The third kappa shape index (κ3) is 5.31. The number of nitrogens with zero attached hydrogens (tertiary/aromatic N) is 1. The molecule has 0 spiro atoms. The first-order chi connectivity index (χ1) is 15.1. The number of anilines is 1. The van der Waals surface area contributed by atoms with Crippen molar-refractivity contribution in [2.24, 2.45) is 11.8 Å². The van der Waals surface area contributed by atoms with Gasteiger partial charge in [-0.15, -0.1) is 0 Å². The van der Waals surface area contributed by atoms with E-state index in [0.717, 1.165) is 6.42 Å². The molecule has 1 amide bonds. The van der Waals surface area contributed by atoms with E-state index < -0.39 is 33.4 Å². The highest BCUT2D eigenvalue weighted by Crippen LogP contribution is 2.30. The number of hydrogen-bond acceptors (Lipinski definition) is 4. The molecule has 1 fully saturated rings. The van der Waals surface area contributed by atoms with Crippen molar-refractivity contribution in [1.29, 1.82) is 0 Å². The van der Waals surface area contributed by atoms with Crippen molar-refractivity contribution < 1.29 is 31.1 Å². The predicted octanol–water partition coefficient (Wildman–Crippen LogP) is 4.04. The predicted molar refractivity (Wildman–Crippen MR) is 113 cm³/mol. The number of amides is 1. The second-order valence-corrected chi connectivity index (χ2v) is 9.84. The molecule has 1 heterocycles. The van der Waals surface area contributed by atoms with Gasteiger partial charge in [0.1, 0.15) is 0 Å². The molecule has 2 aromatic rings. The number of nitrogens with one attached hydrogen (secondary N) is 1. The Kier molecular flexibility index (Phi) is 7.58. The summed E-state index contributed by atoms with van der Waals surface area (Å²) in [4.78, 5) is 12.5. The molecule has 1 aliphatic rings. The molecule has 1 N–H and O–H groups in total. The summed E-state index contributed by atoms with van der Waals surface area (Å²) in [6.07, 6.45) is 1.58. The standard InChI is InChI=1S/C22H25F3N2O4S/c1-14-13-27(8-6-15(14)7-9-31-2)32(29,30)18-5-3-4-16(10-18)22(28)26-17-11-19(23)21(25)20(24)12-17/h3-5,10-12,14-15H,6-9,13H2,1-2H3,(H,26,28). The van der Waals surface area contributed by atoms with E-state index in [1.165, 1.54) is 28.6 Å². The van der Waals surface area contributed by atoms with Gasteiger partial charge in [0.05, 0.1) is 4.90 Å². The number of methoxy groups -OCH3 is 1. The van der Waals surface area contributed by atoms with Crippen LogP contribution in [0, 0.1) is 29.3 Å². The van der Waals surface area contributed by atoms with Crippen molar-refractivity contribution >= 4 is 21.6 Å². The van der Waals surface area contributed by atoms with Crippen molar-refractivity contribution in [3.8, 4) is 0 Å². The van der Waals surface area contributed by atoms with Gasteiger partial charge in [0.15, 0.2) is 17.5 Å². The van der Waals surface area contributed by atoms with E-state index >= 15 is 0 Å². The largest absolute Gasteiger partial charge is 0.385 e. The minimum atomic E-state index is -3.83. The Morgan fingerprint density at radius 1 is 1.19 bits per heavy atom. The number of piperidine rings is 1. The molecule has 174 valence electrons. The molecule has 2 atom stereocenters. The summed E-state index contributed by atoms with van der Waals surface area (Å²) in [5, 5.41) is 2.25. The zero-order valence-electron chi connectivity index (χ0n) is 17.8. The van der Waals surface area contributed by atoms with Crippen LogP contribution in [0.1, 0.15) is 30.1 Å². The highest BCUT2D eigenvalue weighted by atomic mass is 32.2. The summed E-state index contributed by atoms with van der Waals surface area (Å²) in [5.41, 5.74) is -0.300. The fraction of sp³-hybridized carbons (Fsp3) is 0.409. The lowest BCUT2D eigenvalue weighted by molar-refractivity contribution is 0.102. The highest BCUT2D eigenvalue weighted by Gasteiger charge is 2.33. The fourth-order valence-corrected chi connectivity index (χ4v) is 5.45. The molecule has 1 saturated heterocycles. The summed E-state index contributed by atoms with van der Waals surface area (Å²) in [6, 6.07) is 6.69. The van der Waals surface area contributed by atoms with E-state index in [1.54, 1.807) is 7.11 Å². The van der Waals surface area contributed by atoms with Crippen LogP contribution in [0.2, 0.25) is 0 Å². The molecular weight excluding hydrogens is 445 g/mol. The number of sulfonamides is 1. The van der Waals surface area contributed by atoms with Gasteiger partial charge < -0.3 is 10.1 Å². The summed E-state index contributed by atoms with van der Waals surface area (Å²) >= 11 is 0. The van der Waals surface area contributed by atoms with Gasteiger partial charge in [-0.25, -0.2) is 21.6 Å². The Morgan fingerprint density at radius 2 is 1.88 bits per heavy atom. The molecule has 32 heavy (non-hydrogen) atoms. The summed E-state index contributed by atoms with van der Waals surface area (Å²) in [7, 11) is -2.20. The first-order valence-corrected chi connectivity index (χ1v) is 11.6. The van der Waals surface area contributed by atoms with Crippen molar-refractivity contribution in [2.45, 2.75) is 24.7 Å². The molecule has 0 aromatic heterocycles. The lowest BCUT2D eigenvalue weighted by Crippen LogP contribution is -2.43. The average molecular weight is 471 g/mol. The minimum Gasteiger partial charge on any atom is -0.385 e. The van der Waals surface area contributed by atoms with Gasteiger partial charge in [0, 0.05) is 50.2 Å². The molecule has 0 saturated carbocycles. The van der Waals surface area contributed by atoms with Crippen LogP contribution in [-0.4, -0.2) is 45.4 Å². The van der Waals surface area contributed by atoms with Gasteiger partial charge in [-0.2, -0.15) is 4.31 Å². The van der Waals surface area contributed by atoms with Gasteiger partial charge in [-0.1, -0.05) is 13.0 Å². The third-order valence-corrected chi connectivity index (χ3v) is 7.58. The second kappa shape index (κ2) is 10.0. The van der Waals surface area contributed by atoms with Crippen LogP contribution < -0.4 is 5.32 Å². The van der Waals surface area contributed by atoms with E-state index in [2.05, 4.69) is 5.32 Å². The van der Waals surface area contributed by atoms with Crippen LogP contribution >= 0.6 is 0 Å². The van der Waals surface area contributed by atoms with E-state index in [9.17, 15) is 26.4 Å². The highest BCUT2D eigenvalue weighted by molar-refractivity contribution is 7.89. The van der Waals surface area contributed by atoms with Crippen LogP contribution in [0.15, 0.2) is 41.3 Å². The molecule has 2 aromatic carbocycles. The number of hydrogen-bond donors (Lipinski definition) is 1. The first kappa shape index (κ1) is 24.2. The van der Waals surface area contributed by atoms with Crippen LogP contribution in [0.4, 0.5) is 18.9 Å². The minimum absolute atomic E-state index is 0.0146. The van der Waals surface area contributed by atoms with Crippen LogP contribution in [0.5, 0.6) is 0 Å². The van der Waals surface area contributed by atoms with E-state index in [4.69, 9.17) is 4.74 Å². The molecule has 0 bridgehead atoms. The quantitative estimate of drug-likeness (QED) is 0.620. The molecule has 0 aliphatic carbocycles. The number of benzene rings is 2. The first-order valence-electron chi connectivity index (χ1n) is 10.2. The maximum Gasteiger partial charge on any atom is 0.255 e.